The standard InChI is InChI=1S/C24H29N3O4/c28-18-4-3-17-13-20-24(30)7-11-26(22(29)21-25-8-12-31-21)9-5-23(24,19(17)14-18)6-10-27(20)15-16-1-2-16/h3-4,8,12,14,16,20,28,30H,1-2,5-7,9-11,13,15H2/t20-,23+,24-/m1/s1. The summed E-state index contributed by atoms with van der Waals surface area (Å²) < 4.78 is 5.25. The SMILES string of the molecule is O=C(c1ncco1)N1CC[C@]23CCN(CC4CC4)[C@H](Cc4ccc(O)cc42)[C@]3(O)CC1. The number of rotatable bonds is 3. The van der Waals surface area contributed by atoms with Crippen LogP contribution in [0.3, 0.4) is 0 Å². The van der Waals surface area contributed by atoms with Crippen molar-refractivity contribution in [1.29, 1.82) is 0 Å². The minimum absolute atomic E-state index is 0.0377. The Morgan fingerprint density at radius 3 is 2.77 bits per heavy atom. The Morgan fingerprint density at radius 1 is 1.19 bits per heavy atom. The van der Waals surface area contributed by atoms with Crippen LogP contribution >= 0.6 is 0 Å². The highest BCUT2D eigenvalue weighted by molar-refractivity contribution is 5.89. The summed E-state index contributed by atoms with van der Waals surface area (Å²) in [5.74, 6) is 0.882. The van der Waals surface area contributed by atoms with Crippen LogP contribution < -0.4 is 0 Å². The number of likely N-dealkylation sites (tertiary alicyclic amines) is 2. The van der Waals surface area contributed by atoms with Gasteiger partial charge in [0, 0.05) is 31.1 Å². The fraction of sp³-hybridized carbons (Fsp3) is 0.583. The number of aromatic hydroxyl groups is 1. The fourth-order valence-electron chi connectivity index (χ4n) is 6.53. The average Bonchev–Trinajstić information content (AvgIpc) is 3.44. The maximum atomic E-state index is 13.0. The number of carbonyl (C=O) groups is 1. The molecule has 2 aliphatic carbocycles. The molecule has 2 aliphatic heterocycles. The highest BCUT2D eigenvalue weighted by atomic mass is 16.4. The zero-order chi connectivity index (χ0) is 21.2. The van der Waals surface area contributed by atoms with Gasteiger partial charge in [-0.3, -0.25) is 9.69 Å². The molecule has 1 amide bonds. The third kappa shape index (κ3) is 2.86. The number of aliphatic hydroxyl groups is 1. The molecule has 3 fully saturated rings. The minimum Gasteiger partial charge on any atom is -0.508 e. The highest BCUT2D eigenvalue weighted by Crippen LogP contribution is 2.56. The van der Waals surface area contributed by atoms with Crippen molar-refractivity contribution >= 4 is 5.91 Å². The summed E-state index contributed by atoms with van der Waals surface area (Å²) in [7, 11) is 0. The van der Waals surface area contributed by atoms with Crippen LogP contribution in [0.5, 0.6) is 5.75 Å². The number of piperidine rings is 1. The molecule has 1 aromatic carbocycles. The van der Waals surface area contributed by atoms with E-state index in [0.29, 0.717) is 25.9 Å². The van der Waals surface area contributed by atoms with E-state index in [0.717, 1.165) is 37.4 Å². The molecule has 3 heterocycles. The Balaban J connectivity index is 1.41. The van der Waals surface area contributed by atoms with Crippen LogP contribution in [0.15, 0.2) is 35.1 Å². The van der Waals surface area contributed by atoms with Crippen molar-refractivity contribution in [2.45, 2.75) is 55.6 Å². The number of phenolic OH excluding ortho intramolecular Hbond substituents is 1. The van der Waals surface area contributed by atoms with Crippen molar-refractivity contribution in [3.63, 3.8) is 0 Å². The summed E-state index contributed by atoms with van der Waals surface area (Å²) in [5.41, 5.74) is 0.894. The third-order valence-corrected chi connectivity index (χ3v) is 8.33. The summed E-state index contributed by atoms with van der Waals surface area (Å²) in [6.07, 6.45) is 8.28. The van der Waals surface area contributed by atoms with Crippen LogP contribution in [0, 0.1) is 5.92 Å². The van der Waals surface area contributed by atoms with Gasteiger partial charge in [-0.15, -0.1) is 0 Å². The molecule has 0 spiro atoms. The molecule has 6 rings (SSSR count). The lowest BCUT2D eigenvalue weighted by molar-refractivity contribution is -0.149. The summed E-state index contributed by atoms with van der Waals surface area (Å²) in [6, 6.07) is 5.69. The first kappa shape index (κ1) is 19.3. The van der Waals surface area contributed by atoms with Gasteiger partial charge in [0.15, 0.2) is 0 Å². The number of hydrogen-bond acceptors (Lipinski definition) is 6. The molecule has 0 unspecified atom stereocenters. The van der Waals surface area contributed by atoms with Crippen LogP contribution in [0.1, 0.15) is 53.9 Å². The maximum Gasteiger partial charge on any atom is 0.309 e. The van der Waals surface area contributed by atoms with Gasteiger partial charge >= 0.3 is 5.91 Å². The molecular formula is C24H29N3O4. The smallest absolute Gasteiger partial charge is 0.309 e. The second-order valence-corrected chi connectivity index (χ2v) is 9.89. The molecule has 2 N–H and O–H groups in total. The second kappa shape index (κ2) is 6.81. The summed E-state index contributed by atoms with van der Waals surface area (Å²) >= 11 is 0. The van der Waals surface area contributed by atoms with E-state index in [2.05, 4.69) is 9.88 Å². The summed E-state index contributed by atoms with van der Waals surface area (Å²) in [5, 5.41) is 22.7. The molecule has 0 radical (unpaired) electrons. The third-order valence-electron chi connectivity index (χ3n) is 8.33. The number of phenols is 1. The van der Waals surface area contributed by atoms with E-state index in [1.54, 1.807) is 11.0 Å². The lowest BCUT2D eigenvalue weighted by Crippen LogP contribution is -2.71. The number of carbonyl (C=O) groups excluding carboxylic acids is 1. The van der Waals surface area contributed by atoms with Gasteiger partial charge in [-0.05, 0) is 74.2 Å². The Labute approximate surface area is 181 Å². The summed E-state index contributed by atoms with van der Waals surface area (Å²) in [6.45, 7) is 3.01. The van der Waals surface area contributed by atoms with E-state index < -0.39 is 11.0 Å². The van der Waals surface area contributed by atoms with Crippen molar-refractivity contribution in [3.8, 4) is 5.75 Å². The largest absolute Gasteiger partial charge is 0.508 e. The first-order valence-electron chi connectivity index (χ1n) is 11.5. The number of aromatic nitrogens is 1. The lowest BCUT2D eigenvalue weighted by Gasteiger charge is -2.61. The molecule has 4 aliphatic rings. The van der Waals surface area contributed by atoms with Crippen LogP contribution in [0.4, 0.5) is 0 Å². The average molecular weight is 424 g/mol. The van der Waals surface area contributed by atoms with Crippen molar-refractivity contribution in [2.24, 2.45) is 5.92 Å². The predicted octanol–water partition coefficient (Wildman–Crippen LogP) is 2.33. The van der Waals surface area contributed by atoms with E-state index in [1.807, 2.05) is 12.1 Å². The predicted molar refractivity (Wildman–Crippen MR) is 113 cm³/mol. The number of oxazole rings is 1. The number of fused-ring (bicyclic) bond motifs is 1. The van der Waals surface area contributed by atoms with Gasteiger partial charge < -0.3 is 19.5 Å². The molecule has 164 valence electrons. The molecule has 1 saturated carbocycles. The molecule has 31 heavy (non-hydrogen) atoms. The topological polar surface area (TPSA) is 90.0 Å². The quantitative estimate of drug-likeness (QED) is 0.788. The molecule has 1 aromatic heterocycles. The first-order chi connectivity index (χ1) is 15.0. The van der Waals surface area contributed by atoms with E-state index in [1.165, 1.54) is 30.9 Å². The highest BCUT2D eigenvalue weighted by Gasteiger charge is 2.63. The van der Waals surface area contributed by atoms with Crippen molar-refractivity contribution in [1.82, 2.24) is 14.8 Å². The van der Waals surface area contributed by atoms with Crippen LogP contribution in [0.25, 0.3) is 0 Å². The molecular weight excluding hydrogens is 394 g/mol. The number of amides is 1. The number of benzene rings is 1. The van der Waals surface area contributed by atoms with Gasteiger partial charge in [0.25, 0.3) is 5.89 Å². The Hall–Kier alpha value is -2.38. The second-order valence-electron chi connectivity index (χ2n) is 9.89. The first-order valence-corrected chi connectivity index (χ1v) is 11.5. The monoisotopic (exact) mass is 423 g/mol. The van der Waals surface area contributed by atoms with E-state index in [9.17, 15) is 15.0 Å². The minimum atomic E-state index is -0.938. The van der Waals surface area contributed by atoms with Gasteiger partial charge in [0.2, 0.25) is 0 Å². The van der Waals surface area contributed by atoms with Gasteiger partial charge in [-0.1, -0.05) is 6.07 Å². The maximum absolute atomic E-state index is 13.0. The van der Waals surface area contributed by atoms with E-state index in [4.69, 9.17) is 4.42 Å². The van der Waals surface area contributed by atoms with Crippen LogP contribution in [-0.2, 0) is 11.8 Å². The molecule has 3 atom stereocenters. The molecule has 7 heteroatoms. The van der Waals surface area contributed by atoms with Crippen molar-refractivity contribution < 1.29 is 19.4 Å². The number of nitrogens with zero attached hydrogens (tertiary/aromatic N) is 3. The number of hydrogen-bond donors (Lipinski definition) is 2. The molecule has 7 nitrogen and oxygen atoms in total. The van der Waals surface area contributed by atoms with Crippen LogP contribution in [-0.4, -0.2) is 68.7 Å². The Morgan fingerprint density at radius 2 is 2.00 bits per heavy atom. The summed E-state index contributed by atoms with van der Waals surface area (Å²) in [4.78, 5) is 21.3. The molecule has 2 saturated heterocycles. The molecule has 2 aromatic rings. The lowest BCUT2D eigenvalue weighted by atomic mass is 9.52. The van der Waals surface area contributed by atoms with E-state index >= 15 is 0 Å². The normalized spacial score (nSPS) is 32.8. The fourth-order valence-corrected chi connectivity index (χ4v) is 6.53. The van der Waals surface area contributed by atoms with Crippen molar-refractivity contribution in [2.75, 3.05) is 26.2 Å². The Kier molecular flexibility index (Phi) is 4.24. The Bertz CT molecular complexity index is 1000. The van der Waals surface area contributed by atoms with Crippen molar-refractivity contribution in [3.05, 3.63) is 47.7 Å². The van der Waals surface area contributed by atoms with Gasteiger partial charge in [-0.25, -0.2) is 4.98 Å². The van der Waals surface area contributed by atoms with Gasteiger partial charge in [0.05, 0.1) is 11.8 Å². The van der Waals surface area contributed by atoms with E-state index in [-0.39, 0.29) is 23.6 Å². The zero-order valence-electron chi connectivity index (χ0n) is 17.7. The van der Waals surface area contributed by atoms with Gasteiger partial charge in [-0.2, -0.15) is 0 Å². The van der Waals surface area contributed by atoms with Gasteiger partial charge in [0.1, 0.15) is 12.0 Å². The molecule has 2 bridgehead atoms. The zero-order valence-corrected chi connectivity index (χ0v) is 17.7. The van der Waals surface area contributed by atoms with Crippen LogP contribution in [0.2, 0.25) is 0 Å².